The Morgan fingerprint density at radius 1 is 1.04 bits per heavy atom. The zero-order valence-electron chi connectivity index (χ0n) is 14.2. The second-order valence-corrected chi connectivity index (χ2v) is 6.47. The van der Waals surface area contributed by atoms with Crippen LogP contribution in [0, 0.1) is 10.1 Å². The fourth-order valence-corrected chi connectivity index (χ4v) is 3.10. The first-order chi connectivity index (χ1) is 13.0. The number of hydrogen-bond donors (Lipinski definition) is 2. The highest BCUT2D eigenvalue weighted by atomic mass is 35.5. The molecule has 2 N–H and O–H groups in total. The molecule has 0 saturated heterocycles. The molecule has 0 aliphatic carbocycles. The molecule has 0 aliphatic heterocycles. The number of para-hydroxylation sites is 1. The van der Waals surface area contributed by atoms with E-state index in [1.165, 1.54) is 6.33 Å². The van der Waals surface area contributed by atoms with E-state index >= 15 is 0 Å². The minimum Gasteiger partial charge on any atom is -0.334 e. The van der Waals surface area contributed by atoms with Crippen LogP contribution in [-0.2, 0) is 6.42 Å². The lowest BCUT2D eigenvalue weighted by Gasteiger charge is -2.12. The van der Waals surface area contributed by atoms with Crippen molar-refractivity contribution in [3.63, 3.8) is 0 Å². The van der Waals surface area contributed by atoms with Gasteiger partial charge in [-0.25, -0.2) is 9.97 Å². The maximum absolute atomic E-state index is 11.7. The molecular formula is C18H15Cl2N5O2. The lowest BCUT2D eigenvalue weighted by Crippen LogP contribution is -2.06. The Balaban J connectivity index is 2.01. The van der Waals surface area contributed by atoms with Gasteiger partial charge in [0.25, 0.3) is 0 Å². The summed E-state index contributed by atoms with van der Waals surface area (Å²) in [5.74, 6) is 0.122. The summed E-state index contributed by atoms with van der Waals surface area (Å²) in [5.41, 5.74) is 1.97. The number of hydrogen-bond acceptors (Lipinski definition) is 6. The van der Waals surface area contributed by atoms with Crippen molar-refractivity contribution in [1.29, 1.82) is 0 Å². The van der Waals surface area contributed by atoms with Gasteiger partial charge in [0.2, 0.25) is 11.6 Å². The third-order valence-corrected chi connectivity index (χ3v) is 4.22. The maximum atomic E-state index is 11.7. The number of aromatic nitrogens is 2. The van der Waals surface area contributed by atoms with E-state index in [0.717, 1.165) is 17.7 Å². The zero-order chi connectivity index (χ0) is 19.4. The lowest BCUT2D eigenvalue weighted by atomic mass is 10.1. The standard InChI is InChI=1S/C18H15Cl2N5O2/c1-2-11-5-3-4-6-15(11)24-18-16(25(26)27)17(21-10-22-18)23-14-8-12(19)7-13(20)9-14/h3-10H,2H2,1H3,(H2,21,22,23,24). The van der Waals surface area contributed by atoms with Gasteiger partial charge in [-0.2, -0.15) is 0 Å². The monoisotopic (exact) mass is 403 g/mol. The van der Waals surface area contributed by atoms with E-state index in [0.29, 0.717) is 15.7 Å². The van der Waals surface area contributed by atoms with E-state index in [4.69, 9.17) is 23.2 Å². The van der Waals surface area contributed by atoms with Crippen molar-refractivity contribution >= 4 is 51.9 Å². The Hall–Kier alpha value is -2.90. The minimum atomic E-state index is -0.536. The molecule has 7 nitrogen and oxygen atoms in total. The van der Waals surface area contributed by atoms with Gasteiger partial charge < -0.3 is 10.6 Å². The summed E-state index contributed by atoms with van der Waals surface area (Å²) in [7, 11) is 0. The third-order valence-electron chi connectivity index (χ3n) is 3.78. The summed E-state index contributed by atoms with van der Waals surface area (Å²) < 4.78 is 0. The SMILES string of the molecule is CCc1ccccc1Nc1ncnc(Nc2cc(Cl)cc(Cl)c2)c1[N+](=O)[O-]. The normalized spacial score (nSPS) is 10.5. The first-order valence-electron chi connectivity index (χ1n) is 8.05. The van der Waals surface area contributed by atoms with Gasteiger partial charge in [0.15, 0.2) is 0 Å². The molecule has 0 amide bonds. The van der Waals surface area contributed by atoms with Gasteiger partial charge >= 0.3 is 5.69 Å². The molecule has 1 heterocycles. The van der Waals surface area contributed by atoms with E-state index in [-0.39, 0.29) is 17.3 Å². The molecule has 0 fully saturated rings. The van der Waals surface area contributed by atoms with Crippen LogP contribution >= 0.6 is 23.2 Å². The summed E-state index contributed by atoms with van der Waals surface area (Å²) in [6.07, 6.45) is 2.02. The quantitative estimate of drug-likeness (QED) is 0.402. The fourth-order valence-electron chi connectivity index (χ4n) is 2.58. The fraction of sp³-hybridized carbons (Fsp3) is 0.111. The number of rotatable bonds is 6. The topological polar surface area (TPSA) is 93.0 Å². The van der Waals surface area contributed by atoms with E-state index < -0.39 is 4.92 Å². The number of nitrogens with one attached hydrogen (secondary N) is 2. The summed E-state index contributed by atoms with van der Waals surface area (Å²) in [6, 6.07) is 12.3. The van der Waals surface area contributed by atoms with Crippen molar-refractivity contribution in [2.24, 2.45) is 0 Å². The molecule has 1 aromatic heterocycles. The number of halogens is 2. The Morgan fingerprint density at radius 3 is 2.30 bits per heavy atom. The summed E-state index contributed by atoms with van der Waals surface area (Å²) in [6.45, 7) is 2.00. The molecule has 0 saturated carbocycles. The molecule has 0 spiro atoms. The van der Waals surface area contributed by atoms with Crippen LogP contribution in [0.4, 0.5) is 28.7 Å². The van der Waals surface area contributed by atoms with Gasteiger partial charge in [-0.1, -0.05) is 48.3 Å². The number of nitrogens with zero attached hydrogens (tertiary/aromatic N) is 3. The number of anilines is 4. The number of nitro groups is 1. The lowest BCUT2D eigenvalue weighted by molar-refractivity contribution is -0.383. The van der Waals surface area contributed by atoms with Crippen LogP contribution in [-0.4, -0.2) is 14.9 Å². The summed E-state index contributed by atoms with van der Waals surface area (Å²) >= 11 is 12.0. The molecule has 0 radical (unpaired) electrons. The number of aryl methyl sites for hydroxylation is 1. The maximum Gasteiger partial charge on any atom is 0.353 e. The van der Waals surface area contributed by atoms with Crippen LogP contribution in [0.25, 0.3) is 0 Å². The van der Waals surface area contributed by atoms with Crippen LogP contribution in [0.2, 0.25) is 10.0 Å². The van der Waals surface area contributed by atoms with Gasteiger partial charge in [0, 0.05) is 21.4 Å². The van der Waals surface area contributed by atoms with E-state index in [9.17, 15) is 10.1 Å². The highest BCUT2D eigenvalue weighted by molar-refractivity contribution is 6.35. The molecule has 0 aliphatic rings. The average Bonchev–Trinajstić information content (AvgIpc) is 2.61. The number of benzene rings is 2. The van der Waals surface area contributed by atoms with E-state index in [1.807, 2.05) is 31.2 Å². The second kappa shape index (κ2) is 8.20. The van der Waals surface area contributed by atoms with Crippen molar-refractivity contribution in [3.05, 3.63) is 74.5 Å². The van der Waals surface area contributed by atoms with Crippen molar-refractivity contribution < 1.29 is 4.92 Å². The highest BCUT2D eigenvalue weighted by Crippen LogP contribution is 2.34. The Kier molecular flexibility index (Phi) is 5.73. The first kappa shape index (κ1) is 18.9. The van der Waals surface area contributed by atoms with Crippen molar-refractivity contribution in [2.75, 3.05) is 10.6 Å². The Morgan fingerprint density at radius 2 is 1.67 bits per heavy atom. The second-order valence-electron chi connectivity index (χ2n) is 5.60. The van der Waals surface area contributed by atoms with Crippen molar-refractivity contribution in [2.45, 2.75) is 13.3 Å². The molecule has 3 aromatic rings. The van der Waals surface area contributed by atoms with Crippen LogP contribution in [0.5, 0.6) is 0 Å². The van der Waals surface area contributed by atoms with Crippen LogP contribution in [0.15, 0.2) is 48.8 Å². The smallest absolute Gasteiger partial charge is 0.334 e. The molecule has 27 heavy (non-hydrogen) atoms. The molecule has 2 aromatic carbocycles. The van der Waals surface area contributed by atoms with Gasteiger partial charge in [0.1, 0.15) is 6.33 Å². The van der Waals surface area contributed by atoms with Crippen molar-refractivity contribution in [3.8, 4) is 0 Å². The minimum absolute atomic E-state index is 0.0322. The van der Waals surface area contributed by atoms with E-state index in [2.05, 4.69) is 20.6 Å². The molecular weight excluding hydrogens is 389 g/mol. The molecule has 0 bridgehead atoms. The summed E-state index contributed by atoms with van der Waals surface area (Å²) in [5, 5.41) is 18.4. The summed E-state index contributed by atoms with van der Waals surface area (Å²) in [4.78, 5) is 19.2. The largest absolute Gasteiger partial charge is 0.353 e. The molecule has 9 heteroatoms. The van der Waals surface area contributed by atoms with Crippen LogP contribution in [0.1, 0.15) is 12.5 Å². The Labute approximate surface area is 165 Å². The average molecular weight is 404 g/mol. The van der Waals surface area contributed by atoms with Crippen LogP contribution in [0.3, 0.4) is 0 Å². The van der Waals surface area contributed by atoms with Crippen molar-refractivity contribution in [1.82, 2.24) is 9.97 Å². The Bertz CT molecular complexity index is 977. The van der Waals surface area contributed by atoms with E-state index in [1.54, 1.807) is 18.2 Å². The van der Waals surface area contributed by atoms with Crippen LogP contribution < -0.4 is 10.6 Å². The predicted octanol–water partition coefficient (Wildman–Crippen LogP) is 5.74. The molecule has 0 atom stereocenters. The first-order valence-corrected chi connectivity index (χ1v) is 8.81. The van der Waals surface area contributed by atoms with Gasteiger partial charge in [-0.15, -0.1) is 0 Å². The third kappa shape index (κ3) is 4.45. The zero-order valence-corrected chi connectivity index (χ0v) is 15.8. The van der Waals surface area contributed by atoms with Gasteiger partial charge in [0.05, 0.1) is 4.92 Å². The molecule has 0 unspecified atom stereocenters. The molecule has 3 rings (SSSR count). The van der Waals surface area contributed by atoms with Gasteiger partial charge in [-0.05, 0) is 36.2 Å². The predicted molar refractivity (Wildman–Crippen MR) is 108 cm³/mol. The molecule has 138 valence electrons. The van der Waals surface area contributed by atoms with Gasteiger partial charge in [-0.3, -0.25) is 10.1 Å². The highest BCUT2D eigenvalue weighted by Gasteiger charge is 2.24.